The van der Waals surface area contributed by atoms with Gasteiger partial charge in [-0.2, -0.15) is 0 Å². The maximum atomic E-state index is 12.5. The first kappa shape index (κ1) is 20.8. The fourth-order valence-electron chi connectivity index (χ4n) is 2.63. The number of nitrogens with one attached hydrogen (secondary N) is 2. The summed E-state index contributed by atoms with van der Waals surface area (Å²) in [5.41, 5.74) is 2.29. The lowest BCUT2D eigenvalue weighted by atomic mass is 10.2. The highest BCUT2D eigenvalue weighted by Crippen LogP contribution is 2.17. The van der Waals surface area contributed by atoms with Crippen molar-refractivity contribution in [1.29, 1.82) is 0 Å². The summed E-state index contributed by atoms with van der Waals surface area (Å²) in [5, 5.41) is 6.01. The van der Waals surface area contributed by atoms with Crippen molar-refractivity contribution in [2.75, 3.05) is 11.1 Å². The van der Waals surface area contributed by atoms with Gasteiger partial charge in [0, 0.05) is 29.6 Å². The van der Waals surface area contributed by atoms with Crippen LogP contribution in [0.15, 0.2) is 78.0 Å². The van der Waals surface area contributed by atoms with Crippen LogP contribution in [-0.4, -0.2) is 25.2 Å². The van der Waals surface area contributed by atoms with Gasteiger partial charge >= 0.3 is 6.03 Å². The zero-order valence-corrected chi connectivity index (χ0v) is 17.1. The van der Waals surface area contributed by atoms with Gasteiger partial charge < -0.3 is 10.6 Å². The molecule has 150 valence electrons. The number of nitrogens with zero attached hydrogens (tertiary/aromatic N) is 1. The van der Waals surface area contributed by atoms with Gasteiger partial charge in [-0.3, -0.25) is 4.98 Å². The SMILES string of the molecule is O=C(NCc1cccnc1)Nc1ccc(S(=O)(=O)CCc2ccc(Cl)cc2)cc1. The van der Waals surface area contributed by atoms with E-state index in [4.69, 9.17) is 11.6 Å². The number of halogens is 1. The quantitative estimate of drug-likeness (QED) is 0.592. The van der Waals surface area contributed by atoms with Crippen LogP contribution in [0.1, 0.15) is 11.1 Å². The minimum Gasteiger partial charge on any atom is -0.334 e. The highest BCUT2D eigenvalue weighted by molar-refractivity contribution is 7.91. The van der Waals surface area contributed by atoms with E-state index in [-0.39, 0.29) is 16.7 Å². The molecule has 0 atom stereocenters. The molecule has 2 N–H and O–H groups in total. The van der Waals surface area contributed by atoms with Gasteiger partial charge in [0.05, 0.1) is 10.6 Å². The first-order chi connectivity index (χ1) is 13.9. The molecule has 0 spiro atoms. The number of rotatable bonds is 7. The fraction of sp³-hybridized carbons (Fsp3) is 0.143. The fourth-order valence-corrected chi connectivity index (χ4v) is 4.04. The number of urea groups is 1. The summed E-state index contributed by atoms with van der Waals surface area (Å²) < 4.78 is 25.1. The third-order valence-corrected chi connectivity index (χ3v) is 6.20. The van der Waals surface area contributed by atoms with E-state index in [1.807, 2.05) is 18.2 Å². The largest absolute Gasteiger partial charge is 0.334 e. The van der Waals surface area contributed by atoms with Crippen LogP contribution in [-0.2, 0) is 22.8 Å². The number of carbonyl (C=O) groups is 1. The molecule has 0 aliphatic heterocycles. The standard InChI is InChI=1S/C21H20ClN3O3S/c22-18-5-3-16(4-6-18)11-13-29(27,28)20-9-7-19(8-10-20)25-21(26)24-15-17-2-1-12-23-14-17/h1-10,12,14H,11,13,15H2,(H2,24,25,26). The predicted molar refractivity (Wildman–Crippen MR) is 114 cm³/mol. The van der Waals surface area contributed by atoms with Gasteiger partial charge in [-0.05, 0) is 60.0 Å². The molecule has 29 heavy (non-hydrogen) atoms. The Hall–Kier alpha value is -2.90. The molecule has 2 amide bonds. The highest BCUT2D eigenvalue weighted by Gasteiger charge is 2.14. The maximum absolute atomic E-state index is 12.5. The molecule has 0 aliphatic carbocycles. The van der Waals surface area contributed by atoms with E-state index in [1.54, 1.807) is 42.7 Å². The second-order valence-corrected chi connectivity index (χ2v) is 8.93. The second kappa shape index (κ2) is 9.54. The average molecular weight is 430 g/mol. The lowest BCUT2D eigenvalue weighted by Crippen LogP contribution is -2.28. The average Bonchev–Trinajstić information content (AvgIpc) is 2.73. The van der Waals surface area contributed by atoms with Crippen molar-refractivity contribution < 1.29 is 13.2 Å². The van der Waals surface area contributed by atoms with Gasteiger partial charge in [-0.15, -0.1) is 0 Å². The van der Waals surface area contributed by atoms with E-state index in [9.17, 15) is 13.2 Å². The Bertz CT molecular complexity index is 1050. The summed E-state index contributed by atoms with van der Waals surface area (Å²) in [5.74, 6) is -0.00694. The third-order valence-electron chi connectivity index (χ3n) is 4.22. The molecule has 1 heterocycles. The van der Waals surface area contributed by atoms with Crippen LogP contribution in [0.2, 0.25) is 5.02 Å². The van der Waals surface area contributed by atoms with Crippen LogP contribution in [0, 0.1) is 0 Å². The zero-order valence-electron chi connectivity index (χ0n) is 15.5. The van der Waals surface area contributed by atoms with E-state index >= 15 is 0 Å². The molecule has 8 heteroatoms. The number of amides is 2. The molecule has 0 fully saturated rings. The Morgan fingerprint density at radius 1 is 0.966 bits per heavy atom. The van der Waals surface area contributed by atoms with Crippen molar-refractivity contribution >= 4 is 33.2 Å². The zero-order chi connectivity index (χ0) is 20.7. The van der Waals surface area contributed by atoms with Gasteiger partial charge in [0.25, 0.3) is 0 Å². The minimum atomic E-state index is -3.43. The number of benzene rings is 2. The number of aryl methyl sites for hydroxylation is 1. The molecular weight excluding hydrogens is 410 g/mol. The van der Waals surface area contributed by atoms with Gasteiger partial charge in [-0.25, -0.2) is 13.2 Å². The first-order valence-corrected chi connectivity index (χ1v) is 11.0. The van der Waals surface area contributed by atoms with Crippen LogP contribution in [0.4, 0.5) is 10.5 Å². The Labute approximate surface area is 174 Å². The van der Waals surface area contributed by atoms with Crippen LogP contribution in [0.3, 0.4) is 0 Å². The molecule has 0 saturated carbocycles. The molecule has 0 radical (unpaired) electrons. The summed E-state index contributed by atoms with van der Waals surface area (Å²) >= 11 is 5.84. The van der Waals surface area contributed by atoms with Crippen molar-refractivity contribution in [3.05, 3.63) is 89.2 Å². The number of pyridine rings is 1. The summed E-state index contributed by atoms with van der Waals surface area (Å²) in [4.78, 5) is 16.2. The van der Waals surface area contributed by atoms with E-state index in [0.717, 1.165) is 11.1 Å². The Kier molecular flexibility index (Phi) is 6.85. The molecule has 1 aromatic heterocycles. The molecule has 0 bridgehead atoms. The normalized spacial score (nSPS) is 11.1. The lowest BCUT2D eigenvalue weighted by Gasteiger charge is -2.09. The van der Waals surface area contributed by atoms with Crippen LogP contribution >= 0.6 is 11.6 Å². The van der Waals surface area contributed by atoms with Crippen molar-refractivity contribution in [3.8, 4) is 0 Å². The molecule has 2 aromatic carbocycles. The van der Waals surface area contributed by atoms with Crippen molar-refractivity contribution in [2.24, 2.45) is 0 Å². The van der Waals surface area contributed by atoms with E-state index in [0.29, 0.717) is 23.7 Å². The van der Waals surface area contributed by atoms with Gasteiger partial charge in [0.2, 0.25) is 0 Å². The molecule has 0 saturated heterocycles. The smallest absolute Gasteiger partial charge is 0.319 e. The number of anilines is 1. The van der Waals surface area contributed by atoms with Crippen LogP contribution in [0.5, 0.6) is 0 Å². The van der Waals surface area contributed by atoms with Crippen LogP contribution in [0.25, 0.3) is 0 Å². The molecule has 6 nitrogen and oxygen atoms in total. The Balaban J connectivity index is 1.54. The molecule has 3 aromatic rings. The van der Waals surface area contributed by atoms with Gasteiger partial charge in [-0.1, -0.05) is 29.8 Å². The molecular formula is C21H20ClN3O3S. The van der Waals surface area contributed by atoms with Crippen molar-refractivity contribution in [2.45, 2.75) is 17.9 Å². The van der Waals surface area contributed by atoms with Crippen molar-refractivity contribution in [1.82, 2.24) is 10.3 Å². The Morgan fingerprint density at radius 3 is 2.34 bits per heavy atom. The highest BCUT2D eigenvalue weighted by atomic mass is 35.5. The predicted octanol–water partition coefficient (Wildman–Crippen LogP) is 4.07. The molecule has 3 rings (SSSR count). The van der Waals surface area contributed by atoms with Gasteiger partial charge in [0.15, 0.2) is 9.84 Å². The first-order valence-electron chi connectivity index (χ1n) is 8.93. The second-order valence-electron chi connectivity index (χ2n) is 6.39. The molecule has 0 aliphatic rings. The number of sulfone groups is 1. The minimum absolute atomic E-state index is 0.00694. The Morgan fingerprint density at radius 2 is 1.69 bits per heavy atom. The number of carbonyl (C=O) groups excluding carboxylic acids is 1. The lowest BCUT2D eigenvalue weighted by molar-refractivity contribution is 0.251. The molecule has 0 unspecified atom stereocenters. The van der Waals surface area contributed by atoms with Gasteiger partial charge in [0.1, 0.15) is 0 Å². The summed E-state index contributed by atoms with van der Waals surface area (Å²) in [6.45, 7) is 0.344. The summed E-state index contributed by atoms with van der Waals surface area (Å²) in [7, 11) is -3.43. The number of aromatic nitrogens is 1. The summed E-state index contributed by atoms with van der Waals surface area (Å²) in [6, 6.07) is 16.5. The maximum Gasteiger partial charge on any atom is 0.319 e. The number of hydrogen-bond acceptors (Lipinski definition) is 4. The van der Waals surface area contributed by atoms with E-state index < -0.39 is 9.84 Å². The van der Waals surface area contributed by atoms with Crippen LogP contribution < -0.4 is 10.6 Å². The topological polar surface area (TPSA) is 88.2 Å². The van der Waals surface area contributed by atoms with E-state index in [1.165, 1.54) is 12.1 Å². The monoisotopic (exact) mass is 429 g/mol. The summed E-state index contributed by atoms with van der Waals surface area (Å²) in [6.07, 6.45) is 3.73. The third kappa shape index (κ3) is 6.30. The van der Waals surface area contributed by atoms with E-state index in [2.05, 4.69) is 15.6 Å². The number of hydrogen-bond donors (Lipinski definition) is 2. The van der Waals surface area contributed by atoms with Crippen molar-refractivity contribution in [3.63, 3.8) is 0 Å².